The predicted molar refractivity (Wildman–Crippen MR) is 90.4 cm³/mol. The van der Waals surface area contributed by atoms with Gasteiger partial charge in [0, 0.05) is 25.4 Å². The van der Waals surface area contributed by atoms with Crippen LogP contribution in [0.2, 0.25) is 0 Å². The molecule has 0 saturated heterocycles. The topological polar surface area (TPSA) is 92.3 Å². The zero-order valence-electron chi connectivity index (χ0n) is 15.0. The summed E-state index contributed by atoms with van der Waals surface area (Å²) in [5.41, 5.74) is 0.301. The summed E-state index contributed by atoms with van der Waals surface area (Å²) in [7, 11) is -3.04. The van der Waals surface area contributed by atoms with Crippen LogP contribution in [0.3, 0.4) is 0 Å². The fourth-order valence-electron chi connectivity index (χ4n) is 1.57. The van der Waals surface area contributed by atoms with Crippen LogP contribution in [-0.2, 0) is 27.5 Å². The molecule has 0 fully saturated rings. The molecule has 0 aromatic heterocycles. The van der Waals surface area contributed by atoms with Crippen molar-refractivity contribution in [2.24, 2.45) is 0 Å². The number of carbonyl (C=O) groups excluding carboxylic acids is 2. The third kappa shape index (κ3) is 9.66. The van der Waals surface area contributed by atoms with Crippen LogP contribution in [-0.4, -0.2) is 60.1 Å². The molecule has 0 rings (SSSR count). The van der Waals surface area contributed by atoms with E-state index in [-0.39, 0.29) is 19.4 Å². The van der Waals surface area contributed by atoms with E-state index in [4.69, 9.17) is 22.8 Å². The van der Waals surface area contributed by atoms with Crippen molar-refractivity contribution in [3.05, 3.63) is 12.2 Å². The van der Waals surface area contributed by atoms with Gasteiger partial charge in [0.05, 0.1) is 6.54 Å². The quantitative estimate of drug-likeness (QED) is 0.231. The Morgan fingerprint density at radius 2 is 1.62 bits per heavy atom. The van der Waals surface area contributed by atoms with Gasteiger partial charge < -0.3 is 28.1 Å². The third-order valence-corrected chi connectivity index (χ3v) is 5.19. The number of alkyl carbamates (subject to hydrolysis) is 1. The first-order valence-corrected chi connectivity index (χ1v) is 9.99. The van der Waals surface area contributed by atoms with Crippen molar-refractivity contribution >= 4 is 20.9 Å². The Kier molecular flexibility index (Phi) is 12.2. The summed E-state index contributed by atoms with van der Waals surface area (Å²) < 4.78 is 26.9. The predicted octanol–water partition coefficient (Wildman–Crippen LogP) is 1.81. The zero-order valence-corrected chi connectivity index (χ0v) is 16.0. The molecule has 8 nitrogen and oxygen atoms in total. The number of nitrogens with one attached hydrogen (secondary N) is 1. The van der Waals surface area contributed by atoms with Crippen molar-refractivity contribution in [1.82, 2.24) is 5.32 Å². The van der Waals surface area contributed by atoms with E-state index in [0.29, 0.717) is 25.4 Å². The van der Waals surface area contributed by atoms with Crippen molar-refractivity contribution in [1.29, 1.82) is 0 Å². The van der Waals surface area contributed by atoms with Gasteiger partial charge >= 0.3 is 20.9 Å². The Hall–Kier alpha value is -1.42. The molecule has 24 heavy (non-hydrogen) atoms. The van der Waals surface area contributed by atoms with Crippen LogP contribution in [0.4, 0.5) is 4.79 Å². The lowest BCUT2D eigenvalue weighted by molar-refractivity contribution is -0.138. The molecule has 0 aliphatic heterocycles. The van der Waals surface area contributed by atoms with E-state index in [2.05, 4.69) is 11.9 Å². The maximum absolute atomic E-state index is 11.7. The molecule has 0 spiro atoms. The minimum atomic E-state index is -3.04. The molecule has 1 amide bonds. The van der Waals surface area contributed by atoms with Crippen LogP contribution in [0, 0.1) is 0 Å². The lowest BCUT2D eigenvalue weighted by Gasteiger charge is -2.28. The molecule has 1 N–H and O–H groups in total. The number of rotatable bonds is 13. The number of esters is 1. The first-order valence-electron chi connectivity index (χ1n) is 8.05. The van der Waals surface area contributed by atoms with Crippen LogP contribution in [0.1, 0.15) is 34.1 Å². The van der Waals surface area contributed by atoms with E-state index in [1.807, 2.05) is 20.8 Å². The monoisotopic (exact) mass is 363 g/mol. The second-order valence-electron chi connectivity index (χ2n) is 4.82. The first kappa shape index (κ1) is 22.6. The van der Waals surface area contributed by atoms with E-state index < -0.39 is 20.9 Å². The summed E-state index contributed by atoms with van der Waals surface area (Å²) in [6.45, 7) is 12.1. The van der Waals surface area contributed by atoms with Crippen molar-refractivity contribution in [3.8, 4) is 0 Å². The molecule has 0 radical (unpaired) electrons. The Morgan fingerprint density at radius 3 is 2.12 bits per heavy atom. The zero-order chi connectivity index (χ0) is 18.4. The van der Waals surface area contributed by atoms with E-state index >= 15 is 0 Å². The van der Waals surface area contributed by atoms with Crippen molar-refractivity contribution in [2.45, 2.75) is 34.1 Å². The van der Waals surface area contributed by atoms with Crippen molar-refractivity contribution < 1.29 is 32.3 Å². The normalized spacial score (nSPS) is 11.0. The number of hydrogen-bond donors (Lipinski definition) is 1. The number of amides is 1. The minimum absolute atomic E-state index is 0.0343. The SMILES string of the molecule is C=C(C)C(=O)OCCNC(=O)OC[Si](OCC)(OCC)OCCC. The van der Waals surface area contributed by atoms with Gasteiger partial charge in [-0.25, -0.2) is 9.59 Å². The van der Waals surface area contributed by atoms with Crippen LogP contribution in [0.15, 0.2) is 12.2 Å². The highest BCUT2D eigenvalue weighted by Gasteiger charge is 2.42. The van der Waals surface area contributed by atoms with Crippen LogP contribution >= 0.6 is 0 Å². The van der Waals surface area contributed by atoms with Crippen LogP contribution in [0.25, 0.3) is 0 Å². The Morgan fingerprint density at radius 1 is 1.00 bits per heavy atom. The highest BCUT2D eigenvalue weighted by Crippen LogP contribution is 2.11. The van der Waals surface area contributed by atoms with Gasteiger partial charge in [-0.05, 0) is 27.2 Å². The minimum Gasteiger partial charge on any atom is -0.460 e. The van der Waals surface area contributed by atoms with Gasteiger partial charge in [-0.1, -0.05) is 13.5 Å². The highest BCUT2D eigenvalue weighted by atomic mass is 28.4. The molecule has 0 atom stereocenters. The molecule has 0 heterocycles. The standard InChI is InChI=1S/C15H29NO7Si/c1-6-10-23-24(21-7-2,22-8-3)12-20-15(18)16-9-11-19-14(17)13(4)5/h4,6-12H2,1-3,5H3,(H,16,18). The van der Waals surface area contributed by atoms with Crippen LogP contribution < -0.4 is 5.32 Å². The second kappa shape index (κ2) is 12.9. The van der Waals surface area contributed by atoms with E-state index in [1.54, 1.807) is 6.92 Å². The van der Waals surface area contributed by atoms with Crippen molar-refractivity contribution in [3.63, 3.8) is 0 Å². The summed E-state index contributed by atoms with van der Waals surface area (Å²) in [5, 5.41) is 2.48. The van der Waals surface area contributed by atoms with Gasteiger partial charge in [0.1, 0.15) is 6.61 Å². The van der Waals surface area contributed by atoms with Gasteiger partial charge in [0.2, 0.25) is 0 Å². The lowest BCUT2D eigenvalue weighted by atomic mass is 10.4. The maximum Gasteiger partial charge on any atom is 0.540 e. The number of ether oxygens (including phenoxy) is 2. The van der Waals surface area contributed by atoms with E-state index in [1.165, 1.54) is 0 Å². The van der Waals surface area contributed by atoms with Gasteiger partial charge in [0.25, 0.3) is 0 Å². The Labute approximate surface area is 144 Å². The molecule has 140 valence electrons. The van der Waals surface area contributed by atoms with Crippen LogP contribution in [0.5, 0.6) is 0 Å². The van der Waals surface area contributed by atoms with E-state index in [0.717, 1.165) is 6.42 Å². The number of carbonyl (C=O) groups is 2. The summed E-state index contributed by atoms with van der Waals surface area (Å²) in [4.78, 5) is 22.9. The van der Waals surface area contributed by atoms with Gasteiger partial charge in [-0.2, -0.15) is 0 Å². The molecule has 0 aromatic carbocycles. The smallest absolute Gasteiger partial charge is 0.460 e. The average molecular weight is 363 g/mol. The fraction of sp³-hybridized carbons (Fsp3) is 0.733. The van der Waals surface area contributed by atoms with Crippen molar-refractivity contribution in [2.75, 3.05) is 39.2 Å². The Bertz CT molecular complexity index is 397. The molecule has 0 aliphatic rings. The fourth-order valence-corrected chi connectivity index (χ4v) is 3.78. The van der Waals surface area contributed by atoms with Gasteiger partial charge in [0.15, 0.2) is 6.23 Å². The summed E-state index contributed by atoms with van der Waals surface area (Å²) >= 11 is 0. The first-order chi connectivity index (χ1) is 11.4. The Balaban J connectivity index is 4.28. The summed E-state index contributed by atoms with van der Waals surface area (Å²) in [5.74, 6) is -0.503. The molecule has 0 unspecified atom stereocenters. The second-order valence-corrected chi connectivity index (χ2v) is 7.34. The highest BCUT2D eigenvalue weighted by molar-refractivity contribution is 6.60. The molecule has 0 bridgehead atoms. The molecule has 0 aliphatic carbocycles. The maximum atomic E-state index is 11.7. The largest absolute Gasteiger partial charge is 0.540 e. The van der Waals surface area contributed by atoms with Gasteiger partial charge in [-0.3, -0.25) is 0 Å². The summed E-state index contributed by atoms with van der Waals surface area (Å²) in [6, 6.07) is 0. The average Bonchev–Trinajstić information content (AvgIpc) is 2.55. The van der Waals surface area contributed by atoms with E-state index in [9.17, 15) is 9.59 Å². The lowest BCUT2D eigenvalue weighted by Crippen LogP contribution is -2.52. The molecular weight excluding hydrogens is 334 g/mol. The molecular formula is C15H29NO7Si. The summed E-state index contributed by atoms with van der Waals surface area (Å²) in [6.07, 6.45) is 0.0686. The number of hydrogen-bond acceptors (Lipinski definition) is 7. The molecule has 0 aromatic rings. The third-order valence-electron chi connectivity index (χ3n) is 2.59. The molecule has 0 saturated carbocycles. The molecule has 9 heteroatoms. The van der Waals surface area contributed by atoms with Gasteiger partial charge in [-0.15, -0.1) is 0 Å².